The van der Waals surface area contributed by atoms with Gasteiger partial charge in [0, 0.05) is 11.3 Å². The number of ketones is 1. The molecule has 0 heterocycles. The van der Waals surface area contributed by atoms with Gasteiger partial charge in [-0.1, -0.05) is 30.3 Å². The van der Waals surface area contributed by atoms with E-state index in [1.807, 2.05) is 0 Å². The number of benzene rings is 2. The predicted molar refractivity (Wildman–Crippen MR) is 78.1 cm³/mol. The zero-order valence-electron chi connectivity index (χ0n) is 11.3. The van der Waals surface area contributed by atoms with Crippen LogP contribution in [0, 0.1) is 0 Å². The van der Waals surface area contributed by atoms with Crippen LogP contribution in [-0.2, 0) is 9.53 Å². The fourth-order valence-electron chi connectivity index (χ4n) is 1.63. The van der Waals surface area contributed by atoms with Gasteiger partial charge < -0.3 is 15.2 Å². The lowest BCUT2D eigenvalue weighted by atomic mass is 10.1. The summed E-state index contributed by atoms with van der Waals surface area (Å²) < 4.78 is 10.2. The molecule has 5 nitrogen and oxygen atoms in total. The van der Waals surface area contributed by atoms with Crippen molar-refractivity contribution in [3.05, 3.63) is 60.2 Å². The van der Waals surface area contributed by atoms with Crippen LogP contribution in [0.1, 0.15) is 10.4 Å². The third kappa shape index (κ3) is 4.35. The molecule has 108 valence electrons. The number of nitrogens with two attached hydrogens (primary N) is 1. The molecule has 21 heavy (non-hydrogen) atoms. The van der Waals surface area contributed by atoms with Crippen molar-refractivity contribution in [2.75, 3.05) is 18.9 Å². The van der Waals surface area contributed by atoms with Gasteiger partial charge in [-0.05, 0) is 24.3 Å². The molecule has 0 aliphatic carbocycles. The molecule has 0 radical (unpaired) electrons. The molecule has 0 bridgehead atoms. The summed E-state index contributed by atoms with van der Waals surface area (Å²) in [7, 11) is 0. The monoisotopic (exact) mass is 285 g/mol. The van der Waals surface area contributed by atoms with E-state index in [1.165, 1.54) is 0 Å². The highest BCUT2D eigenvalue weighted by Crippen LogP contribution is 2.12. The van der Waals surface area contributed by atoms with E-state index in [1.54, 1.807) is 54.6 Å². The summed E-state index contributed by atoms with van der Waals surface area (Å²) in [6.07, 6.45) is 0. The Hall–Kier alpha value is -2.82. The lowest BCUT2D eigenvalue weighted by Gasteiger charge is -2.07. The van der Waals surface area contributed by atoms with E-state index in [-0.39, 0.29) is 13.2 Å². The topological polar surface area (TPSA) is 78.6 Å². The number of nitrogen functional groups attached to an aromatic ring is 1. The average molecular weight is 285 g/mol. The highest BCUT2D eigenvalue weighted by atomic mass is 16.6. The van der Waals surface area contributed by atoms with E-state index in [0.717, 1.165) is 0 Å². The minimum absolute atomic E-state index is 0.00177. The highest BCUT2D eigenvalue weighted by Gasteiger charge is 2.17. The third-order valence-corrected chi connectivity index (χ3v) is 2.69. The van der Waals surface area contributed by atoms with E-state index >= 15 is 0 Å². The van der Waals surface area contributed by atoms with Crippen molar-refractivity contribution in [1.82, 2.24) is 0 Å². The van der Waals surface area contributed by atoms with Crippen LogP contribution in [0.15, 0.2) is 54.6 Å². The van der Waals surface area contributed by atoms with Crippen LogP contribution in [-0.4, -0.2) is 25.0 Å². The number of Topliss-reactive ketones (excluding diaryl/α,β-unsaturated/α-hetero) is 1. The summed E-state index contributed by atoms with van der Waals surface area (Å²) in [6, 6.07) is 15.1. The van der Waals surface area contributed by atoms with Gasteiger partial charge in [-0.25, -0.2) is 4.79 Å². The Morgan fingerprint density at radius 2 is 1.57 bits per heavy atom. The van der Waals surface area contributed by atoms with E-state index in [4.69, 9.17) is 15.2 Å². The molecule has 0 aliphatic heterocycles. The van der Waals surface area contributed by atoms with Crippen molar-refractivity contribution < 1.29 is 19.1 Å². The van der Waals surface area contributed by atoms with Crippen molar-refractivity contribution in [1.29, 1.82) is 0 Å². The normalized spacial score (nSPS) is 9.90. The van der Waals surface area contributed by atoms with Crippen molar-refractivity contribution in [3.8, 4) is 5.75 Å². The lowest BCUT2D eigenvalue weighted by Crippen LogP contribution is -2.20. The maximum atomic E-state index is 11.7. The van der Waals surface area contributed by atoms with Crippen LogP contribution >= 0.6 is 0 Å². The van der Waals surface area contributed by atoms with Crippen molar-refractivity contribution in [2.24, 2.45) is 0 Å². The number of anilines is 1. The highest BCUT2D eigenvalue weighted by molar-refractivity contribution is 6.40. The van der Waals surface area contributed by atoms with Gasteiger partial charge in [0.25, 0.3) is 5.78 Å². The maximum absolute atomic E-state index is 11.7. The summed E-state index contributed by atoms with van der Waals surface area (Å²) in [4.78, 5) is 23.3. The molecular formula is C16H15NO4. The summed E-state index contributed by atoms with van der Waals surface area (Å²) >= 11 is 0. The second kappa shape index (κ2) is 7.09. The molecule has 0 aliphatic rings. The largest absolute Gasteiger partial charge is 0.490 e. The number of hydrogen-bond donors (Lipinski definition) is 1. The van der Waals surface area contributed by atoms with Gasteiger partial charge in [0.1, 0.15) is 19.0 Å². The van der Waals surface area contributed by atoms with E-state index < -0.39 is 11.8 Å². The molecule has 5 heteroatoms. The number of rotatable bonds is 6. The van der Waals surface area contributed by atoms with Crippen molar-refractivity contribution in [3.63, 3.8) is 0 Å². The Kier molecular flexibility index (Phi) is 4.93. The summed E-state index contributed by atoms with van der Waals surface area (Å²) in [5, 5.41) is 0. The molecule has 0 fully saturated rings. The van der Waals surface area contributed by atoms with Gasteiger partial charge in [-0.3, -0.25) is 4.79 Å². The second-order valence-electron chi connectivity index (χ2n) is 4.25. The molecule has 0 unspecified atom stereocenters. The van der Waals surface area contributed by atoms with Crippen LogP contribution < -0.4 is 10.5 Å². The maximum Gasteiger partial charge on any atom is 0.379 e. The second-order valence-corrected chi connectivity index (χ2v) is 4.25. The zero-order valence-corrected chi connectivity index (χ0v) is 11.3. The summed E-state index contributed by atoms with van der Waals surface area (Å²) in [5.74, 6) is -0.931. The molecule has 0 aromatic heterocycles. The molecule has 2 aromatic carbocycles. The van der Waals surface area contributed by atoms with Crippen LogP contribution in [0.25, 0.3) is 0 Å². The number of carbonyl (C=O) groups is 2. The smallest absolute Gasteiger partial charge is 0.379 e. The van der Waals surface area contributed by atoms with Gasteiger partial charge in [-0.2, -0.15) is 0 Å². The molecule has 0 saturated carbocycles. The quantitative estimate of drug-likeness (QED) is 0.289. The van der Waals surface area contributed by atoms with E-state index in [2.05, 4.69) is 0 Å². The molecule has 0 atom stereocenters. The standard InChI is InChI=1S/C16H15NO4/c17-13-6-8-14(9-7-13)20-10-11-21-16(19)15(18)12-4-2-1-3-5-12/h1-9H,10-11,17H2. The molecule has 2 rings (SSSR count). The van der Waals surface area contributed by atoms with Gasteiger partial charge >= 0.3 is 5.97 Å². The molecule has 2 aromatic rings. The summed E-state index contributed by atoms with van der Waals surface area (Å²) in [5.41, 5.74) is 6.50. The van der Waals surface area contributed by atoms with Crippen LogP contribution in [0.5, 0.6) is 5.75 Å². The zero-order chi connectivity index (χ0) is 15.1. The minimum atomic E-state index is -0.887. The van der Waals surface area contributed by atoms with Gasteiger partial charge in [-0.15, -0.1) is 0 Å². The lowest BCUT2D eigenvalue weighted by molar-refractivity contribution is -0.138. The molecular weight excluding hydrogens is 270 g/mol. The van der Waals surface area contributed by atoms with Crippen molar-refractivity contribution >= 4 is 17.4 Å². The number of hydrogen-bond acceptors (Lipinski definition) is 5. The van der Waals surface area contributed by atoms with Crippen LogP contribution in [0.4, 0.5) is 5.69 Å². The van der Waals surface area contributed by atoms with E-state index in [0.29, 0.717) is 17.0 Å². The SMILES string of the molecule is Nc1ccc(OCCOC(=O)C(=O)c2ccccc2)cc1. The fourth-order valence-corrected chi connectivity index (χ4v) is 1.63. The van der Waals surface area contributed by atoms with Crippen LogP contribution in [0.3, 0.4) is 0 Å². The first-order chi connectivity index (χ1) is 10.2. The first-order valence-corrected chi connectivity index (χ1v) is 6.41. The number of ether oxygens (including phenoxy) is 2. The first-order valence-electron chi connectivity index (χ1n) is 6.41. The Morgan fingerprint density at radius 3 is 2.24 bits per heavy atom. The predicted octanol–water partition coefficient (Wildman–Crippen LogP) is 2.07. The Labute approximate surface area is 122 Å². The van der Waals surface area contributed by atoms with Crippen molar-refractivity contribution in [2.45, 2.75) is 0 Å². The molecule has 0 spiro atoms. The van der Waals surface area contributed by atoms with Gasteiger partial charge in [0.05, 0.1) is 0 Å². The fraction of sp³-hybridized carbons (Fsp3) is 0.125. The van der Waals surface area contributed by atoms with Gasteiger partial charge in [0.2, 0.25) is 0 Å². The Balaban J connectivity index is 1.74. The van der Waals surface area contributed by atoms with Gasteiger partial charge in [0.15, 0.2) is 0 Å². The average Bonchev–Trinajstić information content (AvgIpc) is 2.53. The Bertz CT molecular complexity index is 608. The first kappa shape index (κ1) is 14.6. The number of carbonyl (C=O) groups excluding carboxylic acids is 2. The summed E-state index contributed by atoms with van der Waals surface area (Å²) in [6.45, 7) is 0.166. The molecule has 0 amide bonds. The molecule has 0 saturated heterocycles. The minimum Gasteiger partial charge on any atom is -0.490 e. The molecule has 2 N–H and O–H groups in total. The third-order valence-electron chi connectivity index (χ3n) is 2.69. The van der Waals surface area contributed by atoms with E-state index in [9.17, 15) is 9.59 Å². The Morgan fingerprint density at radius 1 is 0.905 bits per heavy atom. The van der Waals surface area contributed by atoms with Crippen LogP contribution in [0.2, 0.25) is 0 Å². The number of esters is 1.